The third-order valence-corrected chi connectivity index (χ3v) is 8.64. The second-order valence-corrected chi connectivity index (χ2v) is 12.2. The van der Waals surface area contributed by atoms with Gasteiger partial charge in [0.05, 0.1) is 31.3 Å². The number of carbonyl (C=O) groups excluding carboxylic acids is 2. The molecule has 0 saturated carbocycles. The normalized spacial score (nSPS) is 19.6. The Labute approximate surface area is 262 Å². The van der Waals surface area contributed by atoms with Crippen molar-refractivity contribution in [1.82, 2.24) is 10.2 Å². The molecule has 3 atom stereocenters. The van der Waals surface area contributed by atoms with Crippen LogP contribution in [-0.2, 0) is 25.5 Å². The third-order valence-electron chi connectivity index (χ3n) is 8.64. The van der Waals surface area contributed by atoms with E-state index < -0.39 is 11.7 Å². The lowest BCUT2D eigenvalue weighted by Gasteiger charge is -2.48. The Balaban J connectivity index is 1.22. The van der Waals surface area contributed by atoms with Crippen LogP contribution in [0.2, 0.25) is 0 Å². The lowest BCUT2D eigenvalue weighted by molar-refractivity contribution is -0.212. The Morgan fingerprint density at radius 2 is 1.69 bits per heavy atom. The Morgan fingerprint density at radius 3 is 2.29 bits per heavy atom. The summed E-state index contributed by atoms with van der Waals surface area (Å²) in [6.45, 7) is 2.19. The van der Waals surface area contributed by atoms with Crippen molar-refractivity contribution in [3.05, 3.63) is 101 Å². The van der Waals surface area contributed by atoms with E-state index in [1.807, 2.05) is 43.3 Å². The molecule has 240 valence electrons. The van der Waals surface area contributed by atoms with Gasteiger partial charge >= 0.3 is 0 Å². The fourth-order valence-electron chi connectivity index (χ4n) is 5.86. The largest absolute Gasteiger partial charge is 0.388 e. The molecule has 3 aromatic carbocycles. The van der Waals surface area contributed by atoms with Crippen molar-refractivity contribution in [1.29, 1.82) is 0 Å². The summed E-state index contributed by atoms with van der Waals surface area (Å²) in [5.41, 5.74) is 2.75. The number of rotatable bonds is 15. The average Bonchev–Trinajstić information content (AvgIpc) is 3.00. The van der Waals surface area contributed by atoms with Gasteiger partial charge in [0, 0.05) is 18.8 Å². The molecule has 45 heavy (non-hydrogen) atoms. The van der Waals surface area contributed by atoms with Gasteiger partial charge in [-0.2, -0.15) is 0 Å². The first-order valence-corrected chi connectivity index (χ1v) is 15.4. The number of ether oxygens (including phenoxy) is 2. The number of hydrogen-bond donors (Lipinski definition) is 2. The van der Waals surface area contributed by atoms with Gasteiger partial charge in [0.2, 0.25) is 11.8 Å². The first-order chi connectivity index (χ1) is 21.6. The van der Waals surface area contributed by atoms with Gasteiger partial charge in [-0.05, 0) is 92.9 Å². The zero-order valence-corrected chi connectivity index (χ0v) is 25.8. The van der Waals surface area contributed by atoms with Crippen LogP contribution in [0.15, 0.2) is 72.8 Å². The zero-order valence-electron chi connectivity index (χ0n) is 25.8. The Morgan fingerprint density at radius 1 is 1.04 bits per heavy atom. The molecule has 10 heteroatoms. The number of aryl methyl sites for hydroxylation is 1. The molecule has 0 aliphatic carbocycles. The predicted octanol–water partition coefficient (Wildman–Crippen LogP) is 4.58. The molecular formula is C35H41F2N3O5. The van der Waals surface area contributed by atoms with E-state index in [0.717, 1.165) is 24.1 Å². The highest BCUT2D eigenvalue weighted by molar-refractivity contribution is 6.03. The number of aliphatic hydroxyl groups is 1. The number of hydrogen-bond acceptors (Lipinski definition) is 6. The molecule has 2 amide bonds. The smallest absolute Gasteiger partial charge is 0.246 e. The molecule has 5 rings (SSSR count). The molecule has 2 aliphatic heterocycles. The van der Waals surface area contributed by atoms with E-state index in [0.29, 0.717) is 50.3 Å². The molecule has 8 nitrogen and oxygen atoms in total. The van der Waals surface area contributed by atoms with Crippen LogP contribution in [0, 0.1) is 17.6 Å². The lowest BCUT2D eigenvalue weighted by Crippen LogP contribution is -2.55. The van der Waals surface area contributed by atoms with Gasteiger partial charge in [0.1, 0.15) is 23.8 Å². The molecule has 2 saturated heterocycles. The summed E-state index contributed by atoms with van der Waals surface area (Å²) in [5.74, 6) is -1.36. The molecule has 3 aromatic rings. The minimum atomic E-state index is -0.824. The third kappa shape index (κ3) is 8.12. The van der Waals surface area contributed by atoms with Crippen LogP contribution in [0.4, 0.5) is 14.5 Å². The predicted molar refractivity (Wildman–Crippen MR) is 167 cm³/mol. The summed E-state index contributed by atoms with van der Waals surface area (Å²) in [4.78, 5) is 29.3. The van der Waals surface area contributed by atoms with E-state index in [1.54, 1.807) is 29.2 Å². The molecule has 0 spiro atoms. The highest BCUT2D eigenvalue weighted by Gasteiger charge is 2.48. The van der Waals surface area contributed by atoms with Gasteiger partial charge in [-0.3, -0.25) is 9.59 Å². The van der Waals surface area contributed by atoms with E-state index >= 15 is 0 Å². The zero-order chi connectivity index (χ0) is 32.0. The number of amides is 2. The van der Waals surface area contributed by atoms with Crippen LogP contribution in [0.5, 0.6) is 0 Å². The number of carbonyl (C=O) groups is 2. The topological polar surface area (TPSA) is 91.3 Å². The van der Waals surface area contributed by atoms with Crippen LogP contribution in [0.3, 0.4) is 0 Å². The second kappa shape index (κ2) is 14.6. The van der Waals surface area contributed by atoms with Crippen molar-refractivity contribution >= 4 is 17.5 Å². The Kier molecular flexibility index (Phi) is 10.6. The van der Waals surface area contributed by atoms with E-state index in [4.69, 9.17) is 9.47 Å². The van der Waals surface area contributed by atoms with Crippen LogP contribution < -0.4 is 10.2 Å². The molecule has 0 radical (unpaired) electrons. The minimum Gasteiger partial charge on any atom is -0.388 e. The fourth-order valence-corrected chi connectivity index (χ4v) is 5.86. The highest BCUT2D eigenvalue weighted by atomic mass is 19.1. The summed E-state index contributed by atoms with van der Waals surface area (Å²) in [5, 5.41) is 13.6. The minimum absolute atomic E-state index is 0.0120. The van der Waals surface area contributed by atoms with Crippen LogP contribution in [0.1, 0.15) is 48.1 Å². The Bertz CT molecular complexity index is 1430. The maximum absolute atomic E-state index is 13.7. The van der Waals surface area contributed by atoms with E-state index in [-0.39, 0.29) is 42.0 Å². The molecule has 0 aromatic heterocycles. The number of aliphatic hydroxyl groups excluding tert-OH is 1. The number of likely N-dealkylation sites (N-methyl/N-ethyl adjacent to an activating group) is 1. The number of β-lactam (4-membered cyclic amide) rings is 1. The van der Waals surface area contributed by atoms with Crippen molar-refractivity contribution < 1.29 is 33.0 Å². The highest BCUT2D eigenvalue weighted by Crippen LogP contribution is 2.46. The molecule has 2 aliphatic rings. The van der Waals surface area contributed by atoms with Crippen molar-refractivity contribution in [3.63, 3.8) is 0 Å². The monoisotopic (exact) mass is 621 g/mol. The quantitative estimate of drug-likeness (QED) is 0.242. The first-order valence-electron chi connectivity index (χ1n) is 15.4. The number of nitrogens with zero attached hydrogens (tertiary/aromatic N) is 2. The van der Waals surface area contributed by atoms with Crippen molar-refractivity contribution in [2.45, 2.75) is 43.4 Å². The van der Waals surface area contributed by atoms with E-state index in [2.05, 4.69) is 5.32 Å². The van der Waals surface area contributed by atoms with Gasteiger partial charge in [-0.15, -0.1) is 0 Å². The van der Waals surface area contributed by atoms with Crippen LogP contribution >= 0.6 is 0 Å². The van der Waals surface area contributed by atoms with Gasteiger partial charge in [0.25, 0.3) is 0 Å². The SMILES string of the molecule is CN(C)CCNC(=O)COC1(CCc2ccc([C@@H]3[C@@H](CC[C@H](O)c4ccc(F)cc4)C(=O)N3c3ccc(F)cc3)cc2)COC1. The summed E-state index contributed by atoms with van der Waals surface area (Å²) < 4.78 is 38.5. The van der Waals surface area contributed by atoms with Crippen molar-refractivity contribution in [3.8, 4) is 0 Å². The molecule has 2 heterocycles. The van der Waals surface area contributed by atoms with E-state index in [9.17, 15) is 23.5 Å². The van der Waals surface area contributed by atoms with Crippen LogP contribution in [0.25, 0.3) is 0 Å². The van der Waals surface area contributed by atoms with Crippen molar-refractivity contribution in [2.75, 3.05) is 51.9 Å². The second-order valence-electron chi connectivity index (χ2n) is 12.2. The fraction of sp³-hybridized carbons (Fsp3) is 0.429. The number of benzene rings is 3. The Hall–Kier alpha value is -3.70. The maximum Gasteiger partial charge on any atom is 0.246 e. The van der Waals surface area contributed by atoms with Gasteiger partial charge in [-0.25, -0.2) is 8.78 Å². The number of anilines is 1. The maximum atomic E-state index is 13.7. The average molecular weight is 622 g/mol. The first kappa shape index (κ1) is 32.7. The van der Waals surface area contributed by atoms with E-state index in [1.165, 1.54) is 24.3 Å². The van der Waals surface area contributed by atoms with Gasteiger partial charge in [-0.1, -0.05) is 36.4 Å². The summed E-state index contributed by atoms with van der Waals surface area (Å²) in [6, 6.07) is 19.4. The van der Waals surface area contributed by atoms with Crippen molar-refractivity contribution in [2.24, 2.45) is 5.92 Å². The molecule has 2 fully saturated rings. The molecular weight excluding hydrogens is 580 g/mol. The molecule has 0 bridgehead atoms. The number of nitrogens with one attached hydrogen (secondary N) is 1. The van der Waals surface area contributed by atoms with Gasteiger partial charge < -0.3 is 29.7 Å². The standard InChI is InChI=1S/C35H41F2N3O5/c1-39(2)20-19-38-32(42)21-45-35(22-44-23-35)18-17-24-3-5-26(6-4-24)33-30(15-16-31(41)25-7-9-27(36)10-8-25)34(43)40(33)29-13-11-28(37)12-14-29/h3-14,30-31,33,41H,15-23H2,1-2H3,(H,38,42)/t30-,31+,33-/m1/s1. The molecule has 2 N–H and O–H groups in total. The summed E-state index contributed by atoms with van der Waals surface area (Å²) in [6.07, 6.45) is 1.38. The summed E-state index contributed by atoms with van der Waals surface area (Å²) >= 11 is 0. The van der Waals surface area contributed by atoms with Crippen LogP contribution in [-0.4, -0.2) is 74.4 Å². The number of halogens is 2. The lowest BCUT2D eigenvalue weighted by atomic mass is 9.78. The summed E-state index contributed by atoms with van der Waals surface area (Å²) in [7, 11) is 3.90. The van der Waals surface area contributed by atoms with Gasteiger partial charge in [0.15, 0.2) is 0 Å². The molecule has 0 unspecified atom stereocenters.